The number of aromatic hydroxyl groups is 1. The van der Waals surface area contributed by atoms with E-state index in [-0.39, 0.29) is 5.91 Å². The molecule has 0 saturated carbocycles. The molecule has 7 nitrogen and oxygen atoms in total. The van der Waals surface area contributed by atoms with Crippen LogP contribution in [0.3, 0.4) is 0 Å². The van der Waals surface area contributed by atoms with Crippen molar-refractivity contribution in [3.05, 3.63) is 89.7 Å². The Morgan fingerprint density at radius 3 is 2.47 bits per heavy atom. The number of rotatable bonds is 11. The van der Waals surface area contributed by atoms with Crippen LogP contribution >= 0.6 is 0 Å². The Morgan fingerprint density at radius 2 is 1.72 bits per heavy atom. The maximum Gasteiger partial charge on any atom is 0.251 e. The molecular formula is C29H33N5O2. The van der Waals surface area contributed by atoms with E-state index in [0.717, 1.165) is 59.5 Å². The normalized spacial score (nSPS) is 11.1. The van der Waals surface area contributed by atoms with E-state index in [4.69, 9.17) is 0 Å². The molecule has 36 heavy (non-hydrogen) atoms. The molecule has 2 aromatic heterocycles. The molecule has 0 saturated heterocycles. The predicted octanol–water partition coefficient (Wildman–Crippen LogP) is 5.63. The van der Waals surface area contributed by atoms with Gasteiger partial charge in [0.05, 0.1) is 11.2 Å². The molecule has 4 aromatic rings. The van der Waals surface area contributed by atoms with E-state index in [1.165, 1.54) is 0 Å². The van der Waals surface area contributed by atoms with E-state index >= 15 is 0 Å². The average molecular weight is 484 g/mol. The number of amides is 1. The summed E-state index contributed by atoms with van der Waals surface area (Å²) < 4.78 is 0. The SMILES string of the molecule is CCCN(CCC)Cc1cc(CNC(=O)c2ccc(Nc3ccnc4cccnc34)cc2)ccc1O. The second kappa shape index (κ2) is 12.1. The van der Waals surface area contributed by atoms with E-state index in [0.29, 0.717) is 24.4 Å². The van der Waals surface area contributed by atoms with Crippen LogP contribution in [0.5, 0.6) is 5.75 Å². The summed E-state index contributed by atoms with van der Waals surface area (Å²) >= 11 is 0. The Labute approximate surface area is 212 Å². The largest absolute Gasteiger partial charge is 0.508 e. The fraction of sp³-hybridized carbons (Fsp3) is 0.276. The zero-order valence-electron chi connectivity index (χ0n) is 20.9. The molecule has 0 aliphatic carbocycles. The summed E-state index contributed by atoms with van der Waals surface area (Å²) in [5.41, 5.74) is 5.75. The van der Waals surface area contributed by atoms with Crippen molar-refractivity contribution in [3.8, 4) is 5.75 Å². The number of anilines is 2. The smallest absolute Gasteiger partial charge is 0.251 e. The van der Waals surface area contributed by atoms with Crippen LogP contribution in [0.2, 0.25) is 0 Å². The molecule has 2 aromatic carbocycles. The van der Waals surface area contributed by atoms with Crippen LogP contribution in [0.1, 0.15) is 48.2 Å². The highest BCUT2D eigenvalue weighted by Crippen LogP contribution is 2.24. The Kier molecular flexibility index (Phi) is 8.47. The van der Waals surface area contributed by atoms with E-state index in [1.54, 1.807) is 30.6 Å². The number of pyridine rings is 2. The van der Waals surface area contributed by atoms with Crippen LogP contribution in [0.15, 0.2) is 73.1 Å². The first-order valence-corrected chi connectivity index (χ1v) is 12.5. The molecule has 186 valence electrons. The summed E-state index contributed by atoms with van der Waals surface area (Å²) in [5, 5.41) is 16.7. The van der Waals surface area contributed by atoms with E-state index < -0.39 is 0 Å². The maximum atomic E-state index is 12.8. The standard InChI is InChI=1S/C29H33N5O2/c1-3-16-34(17-4-2)20-23-18-21(7-12-27(23)35)19-32-29(36)22-8-10-24(11-9-22)33-26-13-15-30-25-6-5-14-31-28(25)26/h5-15,18,35H,3-4,16-17,19-20H2,1-2H3,(H,30,33)(H,32,36). The highest BCUT2D eigenvalue weighted by Gasteiger charge is 2.11. The van der Waals surface area contributed by atoms with Gasteiger partial charge in [-0.3, -0.25) is 19.7 Å². The van der Waals surface area contributed by atoms with Gasteiger partial charge in [0.1, 0.15) is 11.3 Å². The molecule has 0 spiro atoms. The summed E-state index contributed by atoms with van der Waals surface area (Å²) in [6.07, 6.45) is 5.63. The van der Waals surface area contributed by atoms with Gasteiger partial charge in [-0.25, -0.2) is 0 Å². The molecule has 0 atom stereocenters. The number of carbonyl (C=O) groups excluding carboxylic acids is 1. The summed E-state index contributed by atoms with van der Waals surface area (Å²) in [7, 11) is 0. The van der Waals surface area contributed by atoms with Gasteiger partial charge < -0.3 is 15.7 Å². The quantitative estimate of drug-likeness (QED) is 0.256. The number of aromatic nitrogens is 2. The van der Waals surface area contributed by atoms with Crippen LogP contribution < -0.4 is 10.6 Å². The number of carbonyl (C=O) groups is 1. The summed E-state index contributed by atoms with van der Waals surface area (Å²) in [6.45, 7) is 7.40. The number of hydrogen-bond acceptors (Lipinski definition) is 6. The number of nitrogens with one attached hydrogen (secondary N) is 2. The first-order chi connectivity index (χ1) is 17.6. The van der Waals surface area contributed by atoms with Gasteiger partial charge in [0.25, 0.3) is 5.91 Å². The first-order valence-electron chi connectivity index (χ1n) is 12.5. The molecular weight excluding hydrogens is 450 g/mol. The van der Waals surface area contributed by atoms with Crippen LogP contribution in [0, 0.1) is 0 Å². The zero-order chi connectivity index (χ0) is 25.3. The molecule has 4 rings (SSSR count). The van der Waals surface area contributed by atoms with Crippen molar-refractivity contribution >= 4 is 28.3 Å². The van der Waals surface area contributed by atoms with Gasteiger partial charge in [-0.05, 0) is 86.1 Å². The van der Waals surface area contributed by atoms with Crippen LogP contribution in [-0.2, 0) is 13.1 Å². The Hall–Kier alpha value is -3.97. The molecule has 7 heteroatoms. The maximum absolute atomic E-state index is 12.8. The molecule has 0 fully saturated rings. The summed E-state index contributed by atoms with van der Waals surface area (Å²) in [4.78, 5) is 23.8. The molecule has 0 unspecified atom stereocenters. The average Bonchev–Trinajstić information content (AvgIpc) is 2.90. The van der Waals surface area contributed by atoms with Gasteiger partial charge >= 0.3 is 0 Å². The lowest BCUT2D eigenvalue weighted by Crippen LogP contribution is -2.25. The Bertz CT molecular complexity index is 1300. The molecule has 0 bridgehead atoms. The zero-order valence-corrected chi connectivity index (χ0v) is 20.9. The molecule has 0 aliphatic rings. The van der Waals surface area contributed by atoms with Crippen LogP contribution in [0.25, 0.3) is 11.0 Å². The minimum atomic E-state index is -0.147. The van der Waals surface area contributed by atoms with Crippen molar-refractivity contribution in [2.24, 2.45) is 0 Å². The fourth-order valence-corrected chi connectivity index (χ4v) is 4.24. The number of hydrogen-bond donors (Lipinski definition) is 3. The monoisotopic (exact) mass is 483 g/mol. The van der Waals surface area contributed by atoms with Gasteiger partial charge in [-0.2, -0.15) is 0 Å². The minimum absolute atomic E-state index is 0.147. The van der Waals surface area contributed by atoms with Gasteiger partial charge in [0, 0.05) is 42.3 Å². The highest BCUT2D eigenvalue weighted by atomic mass is 16.3. The minimum Gasteiger partial charge on any atom is -0.508 e. The van der Waals surface area contributed by atoms with Crippen molar-refractivity contribution in [2.45, 2.75) is 39.8 Å². The second-order valence-electron chi connectivity index (χ2n) is 8.85. The number of benzene rings is 2. The van der Waals surface area contributed by atoms with Crippen molar-refractivity contribution in [3.63, 3.8) is 0 Å². The highest BCUT2D eigenvalue weighted by molar-refractivity contribution is 5.95. The Morgan fingerprint density at radius 1 is 0.944 bits per heavy atom. The summed E-state index contributed by atoms with van der Waals surface area (Å²) in [6, 6.07) is 18.5. The lowest BCUT2D eigenvalue weighted by Gasteiger charge is -2.22. The van der Waals surface area contributed by atoms with Gasteiger partial charge in [-0.15, -0.1) is 0 Å². The van der Waals surface area contributed by atoms with Crippen molar-refractivity contribution in [1.82, 2.24) is 20.2 Å². The fourth-order valence-electron chi connectivity index (χ4n) is 4.24. The van der Waals surface area contributed by atoms with Gasteiger partial charge in [-0.1, -0.05) is 19.9 Å². The lowest BCUT2D eigenvalue weighted by molar-refractivity contribution is 0.0951. The third kappa shape index (κ3) is 6.37. The molecule has 3 N–H and O–H groups in total. The van der Waals surface area contributed by atoms with E-state index in [9.17, 15) is 9.90 Å². The third-order valence-electron chi connectivity index (χ3n) is 5.99. The molecule has 1 amide bonds. The summed E-state index contributed by atoms with van der Waals surface area (Å²) in [5.74, 6) is 0.147. The molecule has 2 heterocycles. The van der Waals surface area contributed by atoms with Crippen molar-refractivity contribution < 1.29 is 9.90 Å². The second-order valence-corrected chi connectivity index (χ2v) is 8.85. The number of phenolic OH excluding ortho intramolecular Hbond substituents is 1. The molecule has 0 radical (unpaired) electrons. The topological polar surface area (TPSA) is 90.4 Å². The number of fused-ring (bicyclic) bond motifs is 1. The first kappa shape index (κ1) is 25.1. The van der Waals surface area contributed by atoms with Crippen LogP contribution in [0.4, 0.5) is 11.4 Å². The predicted molar refractivity (Wildman–Crippen MR) is 144 cm³/mol. The Balaban J connectivity index is 1.37. The number of nitrogens with zero attached hydrogens (tertiary/aromatic N) is 3. The van der Waals surface area contributed by atoms with Gasteiger partial charge in [0.15, 0.2) is 0 Å². The number of phenols is 1. The van der Waals surface area contributed by atoms with E-state index in [1.807, 2.05) is 42.5 Å². The van der Waals surface area contributed by atoms with Crippen molar-refractivity contribution in [1.29, 1.82) is 0 Å². The van der Waals surface area contributed by atoms with E-state index in [2.05, 4.69) is 39.3 Å². The van der Waals surface area contributed by atoms with Crippen LogP contribution in [-0.4, -0.2) is 39.0 Å². The van der Waals surface area contributed by atoms with Gasteiger partial charge in [0.2, 0.25) is 0 Å². The molecule has 0 aliphatic heterocycles. The third-order valence-corrected chi connectivity index (χ3v) is 5.99. The lowest BCUT2D eigenvalue weighted by atomic mass is 10.1. The van der Waals surface area contributed by atoms with Crippen molar-refractivity contribution in [2.75, 3.05) is 18.4 Å².